The van der Waals surface area contributed by atoms with Gasteiger partial charge in [0.25, 0.3) is 0 Å². The van der Waals surface area contributed by atoms with Gasteiger partial charge < -0.3 is 11.5 Å². The lowest BCUT2D eigenvalue weighted by atomic mass is 10.0. The maximum absolute atomic E-state index is 11.1. The van der Waals surface area contributed by atoms with E-state index in [1.54, 1.807) is 30.7 Å². The molecule has 5 heteroatoms. The first kappa shape index (κ1) is 13.8. The van der Waals surface area contributed by atoms with Crippen molar-refractivity contribution in [2.24, 2.45) is 5.73 Å². The fourth-order valence-corrected chi connectivity index (χ4v) is 2.22. The molecular formula is C17H14N4O. The van der Waals surface area contributed by atoms with Gasteiger partial charge in [0.05, 0.1) is 0 Å². The van der Waals surface area contributed by atoms with Gasteiger partial charge in [-0.1, -0.05) is 12.1 Å². The van der Waals surface area contributed by atoms with Crippen LogP contribution < -0.4 is 11.5 Å². The summed E-state index contributed by atoms with van der Waals surface area (Å²) in [5.41, 5.74) is 15.3. The largest absolute Gasteiger partial charge is 0.383 e. The molecule has 3 rings (SSSR count). The van der Waals surface area contributed by atoms with E-state index in [1.807, 2.05) is 30.3 Å². The van der Waals surface area contributed by atoms with Gasteiger partial charge in [0.1, 0.15) is 5.82 Å². The van der Waals surface area contributed by atoms with Crippen LogP contribution in [0.5, 0.6) is 0 Å². The molecule has 0 unspecified atom stereocenters. The van der Waals surface area contributed by atoms with Crippen LogP contribution in [0.25, 0.3) is 22.3 Å². The first-order valence-electron chi connectivity index (χ1n) is 6.71. The third-order valence-electron chi connectivity index (χ3n) is 3.41. The number of aromatic nitrogens is 2. The highest BCUT2D eigenvalue weighted by molar-refractivity contribution is 5.93. The predicted octanol–water partition coefficient (Wildman–Crippen LogP) is 2.49. The highest BCUT2D eigenvalue weighted by atomic mass is 16.1. The SMILES string of the molecule is NC(=O)c1ccc(-c2cc(-c3ccncc3)cnc2N)cc1. The van der Waals surface area contributed by atoms with Crippen LogP contribution in [0.3, 0.4) is 0 Å². The van der Waals surface area contributed by atoms with E-state index in [0.29, 0.717) is 11.4 Å². The molecule has 0 aliphatic heterocycles. The number of nitrogens with two attached hydrogens (primary N) is 2. The molecule has 0 spiro atoms. The summed E-state index contributed by atoms with van der Waals surface area (Å²) in [5, 5.41) is 0. The molecule has 0 saturated carbocycles. The highest BCUT2D eigenvalue weighted by Gasteiger charge is 2.08. The number of amides is 1. The zero-order valence-electron chi connectivity index (χ0n) is 11.7. The van der Waals surface area contributed by atoms with Crippen LogP contribution in [0.2, 0.25) is 0 Å². The monoisotopic (exact) mass is 290 g/mol. The average Bonchev–Trinajstić information content (AvgIpc) is 2.56. The number of carbonyl (C=O) groups is 1. The Morgan fingerprint density at radius 3 is 2.23 bits per heavy atom. The van der Waals surface area contributed by atoms with Gasteiger partial charge in [0.15, 0.2) is 0 Å². The fourth-order valence-electron chi connectivity index (χ4n) is 2.22. The Kier molecular flexibility index (Phi) is 3.53. The van der Waals surface area contributed by atoms with Crippen molar-refractivity contribution in [3.05, 3.63) is 66.6 Å². The molecule has 0 bridgehead atoms. The summed E-state index contributed by atoms with van der Waals surface area (Å²) in [6, 6.07) is 12.8. The molecule has 5 nitrogen and oxygen atoms in total. The number of nitrogen functional groups attached to an aromatic ring is 1. The number of nitrogens with zero attached hydrogens (tertiary/aromatic N) is 2. The van der Waals surface area contributed by atoms with E-state index in [4.69, 9.17) is 11.5 Å². The number of hydrogen-bond donors (Lipinski definition) is 2. The number of pyridine rings is 2. The van der Waals surface area contributed by atoms with E-state index in [9.17, 15) is 4.79 Å². The van der Waals surface area contributed by atoms with Gasteiger partial charge in [0.2, 0.25) is 5.91 Å². The summed E-state index contributed by atoms with van der Waals surface area (Å²) in [6.07, 6.45) is 5.19. The number of primary amides is 1. The second kappa shape index (κ2) is 5.65. The summed E-state index contributed by atoms with van der Waals surface area (Å²) in [6.45, 7) is 0. The summed E-state index contributed by atoms with van der Waals surface area (Å²) in [4.78, 5) is 19.4. The van der Waals surface area contributed by atoms with Crippen molar-refractivity contribution in [1.29, 1.82) is 0 Å². The van der Waals surface area contributed by atoms with Crippen molar-refractivity contribution in [2.75, 3.05) is 5.73 Å². The van der Waals surface area contributed by atoms with E-state index < -0.39 is 5.91 Å². The molecule has 0 aliphatic rings. The number of carbonyl (C=O) groups excluding carboxylic acids is 1. The number of hydrogen-bond acceptors (Lipinski definition) is 4. The van der Waals surface area contributed by atoms with Gasteiger partial charge in [0, 0.05) is 35.3 Å². The van der Waals surface area contributed by atoms with E-state index in [1.165, 1.54) is 0 Å². The molecule has 22 heavy (non-hydrogen) atoms. The van der Waals surface area contributed by atoms with E-state index in [2.05, 4.69) is 9.97 Å². The second-order valence-electron chi connectivity index (χ2n) is 4.83. The molecule has 4 N–H and O–H groups in total. The predicted molar refractivity (Wildman–Crippen MR) is 85.8 cm³/mol. The molecule has 3 aromatic rings. The molecule has 1 aromatic carbocycles. The number of anilines is 1. The van der Waals surface area contributed by atoms with Crippen LogP contribution in [0.1, 0.15) is 10.4 Å². The first-order chi connectivity index (χ1) is 10.6. The van der Waals surface area contributed by atoms with Crippen LogP contribution in [-0.2, 0) is 0 Å². The Hall–Kier alpha value is -3.21. The Bertz CT molecular complexity index is 814. The van der Waals surface area contributed by atoms with Gasteiger partial charge in [-0.05, 0) is 41.5 Å². The lowest BCUT2D eigenvalue weighted by molar-refractivity contribution is 0.100. The summed E-state index contributed by atoms with van der Waals surface area (Å²) in [5.74, 6) is -0.0205. The van der Waals surface area contributed by atoms with Crippen molar-refractivity contribution >= 4 is 11.7 Å². The van der Waals surface area contributed by atoms with Crippen LogP contribution in [-0.4, -0.2) is 15.9 Å². The Labute approximate surface area is 127 Å². The third-order valence-corrected chi connectivity index (χ3v) is 3.41. The van der Waals surface area contributed by atoms with Crippen LogP contribution >= 0.6 is 0 Å². The van der Waals surface area contributed by atoms with Crippen LogP contribution in [0.4, 0.5) is 5.82 Å². The van der Waals surface area contributed by atoms with E-state index >= 15 is 0 Å². The Morgan fingerprint density at radius 1 is 0.909 bits per heavy atom. The third kappa shape index (κ3) is 2.64. The first-order valence-corrected chi connectivity index (χ1v) is 6.71. The van der Waals surface area contributed by atoms with Crippen molar-refractivity contribution in [3.8, 4) is 22.3 Å². The molecule has 2 heterocycles. The van der Waals surface area contributed by atoms with Gasteiger partial charge >= 0.3 is 0 Å². The molecule has 0 saturated heterocycles. The normalized spacial score (nSPS) is 10.4. The van der Waals surface area contributed by atoms with Gasteiger partial charge in [-0.15, -0.1) is 0 Å². The van der Waals surface area contributed by atoms with E-state index in [0.717, 1.165) is 22.3 Å². The maximum Gasteiger partial charge on any atom is 0.248 e. The summed E-state index contributed by atoms with van der Waals surface area (Å²) < 4.78 is 0. The molecule has 0 fully saturated rings. The van der Waals surface area contributed by atoms with E-state index in [-0.39, 0.29) is 0 Å². The summed E-state index contributed by atoms with van der Waals surface area (Å²) >= 11 is 0. The maximum atomic E-state index is 11.1. The fraction of sp³-hybridized carbons (Fsp3) is 0. The smallest absolute Gasteiger partial charge is 0.248 e. The standard InChI is InChI=1S/C17H14N4O/c18-16-15(12-1-3-13(4-2-12)17(19)22)9-14(10-21-16)11-5-7-20-8-6-11/h1-10H,(H2,18,21)(H2,19,22). The van der Waals surface area contributed by atoms with Gasteiger partial charge in [-0.3, -0.25) is 9.78 Å². The lowest BCUT2D eigenvalue weighted by Crippen LogP contribution is -2.10. The average molecular weight is 290 g/mol. The number of benzene rings is 1. The zero-order chi connectivity index (χ0) is 15.5. The van der Waals surface area contributed by atoms with Crippen molar-refractivity contribution in [2.45, 2.75) is 0 Å². The zero-order valence-corrected chi connectivity index (χ0v) is 11.7. The lowest BCUT2D eigenvalue weighted by Gasteiger charge is -2.09. The van der Waals surface area contributed by atoms with Crippen molar-refractivity contribution in [3.63, 3.8) is 0 Å². The minimum Gasteiger partial charge on any atom is -0.383 e. The van der Waals surface area contributed by atoms with Gasteiger partial charge in [-0.2, -0.15) is 0 Å². The molecule has 0 radical (unpaired) electrons. The summed E-state index contributed by atoms with van der Waals surface area (Å²) in [7, 11) is 0. The van der Waals surface area contributed by atoms with Crippen LogP contribution in [0.15, 0.2) is 61.1 Å². The molecule has 0 atom stereocenters. The van der Waals surface area contributed by atoms with Gasteiger partial charge in [-0.25, -0.2) is 4.98 Å². The second-order valence-corrected chi connectivity index (χ2v) is 4.83. The quantitative estimate of drug-likeness (QED) is 0.774. The molecule has 1 amide bonds. The molecular weight excluding hydrogens is 276 g/mol. The Morgan fingerprint density at radius 2 is 1.59 bits per heavy atom. The van der Waals surface area contributed by atoms with Crippen molar-refractivity contribution < 1.29 is 4.79 Å². The topological polar surface area (TPSA) is 94.9 Å². The molecule has 0 aliphatic carbocycles. The van der Waals surface area contributed by atoms with Crippen LogP contribution in [0, 0.1) is 0 Å². The highest BCUT2D eigenvalue weighted by Crippen LogP contribution is 2.29. The molecule has 2 aromatic heterocycles. The minimum atomic E-state index is -0.455. The Balaban J connectivity index is 2.05. The number of rotatable bonds is 3. The van der Waals surface area contributed by atoms with Crippen molar-refractivity contribution in [1.82, 2.24) is 9.97 Å². The minimum absolute atomic E-state index is 0.435. The molecule has 108 valence electrons.